The molecule has 1 aliphatic carbocycles. The van der Waals surface area contributed by atoms with E-state index in [9.17, 15) is 4.79 Å². The van der Waals surface area contributed by atoms with Crippen LogP contribution in [0, 0.1) is 0 Å². The largest absolute Gasteiger partial charge is 0.382 e. The fraction of sp³-hybridized carbons (Fsp3) is 0.500. The second kappa shape index (κ2) is 5.73. The molecule has 7 nitrogen and oxygen atoms in total. The topological polar surface area (TPSA) is 98.7 Å². The van der Waals surface area contributed by atoms with Gasteiger partial charge >= 0.3 is 0 Å². The average molecular weight is 347 g/mol. The number of fused-ring (bicyclic) bond motifs is 1. The zero-order chi connectivity index (χ0) is 16.7. The van der Waals surface area contributed by atoms with E-state index in [-0.39, 0.29) is 16.7 Å². The third-order valence-corrected chi connectivity index (χ3v) is 5.28. The molecule has 0 bridgehead atoms. The highest BCUT2D eigenvalue weighted by Crippen LogP contribution is 2.41. The molecule has 1 fully saturated rings. The van der Waals surface area contributed by atoms with Crippen LogP contribution >= 0.6 is 11.6 Å². The zero-order valence-corrected chi connectivity index (χ0v) is 14.0. The van der Waals surface area contributed by atoms with Gasteiger partial charge in [0.1, 0.15) is 17.2 Å². The molecule has 3 heterocycles. The molecule has 3 N–H and O–H groups in total. The minimum Gasteiger partial charge on any atom is -0.382 e. The third-order valence-electron chi connectivity index (χ3n) is 4.98. The van der Waals surface area contributed by atoms with E-state index in [1.165, 1.54) is 6.20 Å². The molecule has 0 unspecified atom stereocenters. The van der Waals surface area contributed by atoms with Crippen molar-refractivity contribution in [3.8, 4) is 0 Å². The van der Waals surface area contributed by atoms with E-state index < -0.39 is 5.54 Å². The lowest BCUT2D eigenvalue weighted by Crippen LogP contribution is -2.52. The van der Waals surface area contributed by atoms with Gasteiger partial charge in [-0.2, -0.15) is 0 Å². The van der Waals surface area contributed by atoms with E-state index in [2.05, 4.69) is 25.1 Å². The van der Waals surface area contributed by atoms with Crippen molar-refractivity contribution in [1.82, 2.24) is 25.1 Å². The van der Waals surface area contributed by atoms with E-state index in [4.69, 9.17) is 17.3 Å². The highest BCUT2D eigenvalue weighted by molar-refractivity contribution is 6.33. The number of pyridine rings is 1. The van der Waals surface area contributed by atoms with E-state index >= 15 is 0 Å². The smallest absolute Gasteiger partial charge is 0.253 e. The minimum atomic E-state index is -0.437. The van der Waals surface area contributed by atoms with Crippen molar-refractivity contribution in [1.29, 1.82) is 0 Å². The number of rotatable bonds is 3. The van der Waals surface area contributed by atoms with Gasteiger partial charge in [-0.05, 0) is 38.2 Å². The summed E-state index contributed by atoms with van der Waals surface area (Å²) < 4.78 is 2.18. The monoisotopic (exact) mass is 346 g/mol. The van der Waals surface area contributed by atoms with Crippen molar-refractivity contribution in [3.63, 3.8) is 0 Å². The van der Waals surface area contributed by atoms with Gasteiger partial charge in [-0.25, -0.2) is 4.98 Å². The molecular formula is C16H19ClN6O. The Kier molecular flexibility index (Phi) is 3.68. The number of nitrogens with one attached hydrogen (secondary N) is 1. The first-order valence-electron chi connectivity index (χ1n) is 8.25. The van der Waals surface area contributed by atoms with Crippen LogP contribution in [0.4, 0.5) is 5.82 Å². The second-order valence-corrected chi connectivity index (χ2v) is 6.94. The van der Waals surface area contributed by atoms with Crippen molar-refractivity contribution in [2.75, 3.05) is 5.73 Å². The number of aromatic nitrogens is 4. The zero-order valence-electron chi connectivity index (χ0n) is 13.3. The second-order valence-electron chi connectivity index (χ2n) is 6.53. The standard InChI is InChI=1S/C16H19ClN6O/c17-11-8-10(9-19-13(11)18)14(24)20-16(5-3-6-16)15-22-21-12-4-1-2-7-23(12)15/h8-9H,1-7H2,(H2,18,19)(H,20,24). The van der Waals surface area contributed by atoms with Gasteiger partial charge in [0.05, 0.1) is 10.6 Å². The van der Waals surface area contributed by atoms with Gasteiger partial charge in [0.2, 0.25) is 0 Å². The number of carbonyl (C=O) groups excluding carboxylic acids is 1. The van der Waals surface area contributed by atoms with Crippen LogP contribution in [0.5, 0.6) is 0 Å². The molecule has 0 atom stereocenters. The van der Waals surface area contributed by atoms with E-state index in [1.807, 2.05) is 0 Å². The quantitative estimate of drug-likeness (QED) is 0.886. The maximum Gasteiger partial charge on any atom is 0.253 e. The van der Waals surface area contributed by atoms with E-state index in [0.717, 1.165) is 56.7 Å². The molecule has 0 saturated heterocycles. The van der Waals surface area contributed by atoms with Crippen LogP contribution in [0.1, 0.15) is 54.1 Å². The number of amides is 1. The summed E-state index contributed by atoms with van der Waals surface area (Å²) in [5.41, 5.74) is 5.58. The molecule has 2 aliphatic rings. The molecule has 0 radical (unpaired) electrons. The summed E-state index contributed by atoms with van der Waals surface area (Å²) in [4.78, 5) is 16.6. The van der Waals surface area contributed by atoms with E-state index in [1.54, 1.807) is 6.07 Å². The summed E-state index contributed by atoms with van der Waals surface area (Å²) in [6.07, 6.45) is 7.46. The van der Waals surface area contributed by atoms with Gasteiger partial charge in [-0.15, -0.1) is 10.2 Å². The van der Waals surface area contributed by atoms with Gasteiger partial charge < -0.3 is 15.6 Å². The molecule has 8 heteroatoms. The van der Waals surface area contributed by atoms with Crippen molar-refractivity contribution < 1.29 is 4.79 Å². The Hall–Kier alpha value is -2.15. The fourth-order valence-corrected chi connectivity index (χ4v) is 3.63. The summed E-state index contributed by atoms with van der Waals surface area (Å²) in [5.74, 6) is 1.91. The Morgan fingerprint density at radius 1 is 1.29 bits per heavy atom. The van der Waals surface area contributed by atoms with Crippen LogP contribution in [-0.4, -0.2) is 25.7 Å². The number of carbonyl (C=O) groups is 1. The van der Waals surface area contributed by atoms with Gasteiger partial charge in [0, 0.05) is 19.2 Å². The first kappa shape index (κ1) is 15.4. The third kappa shape index (κ3) is 2.43. The van der Waals surface area contributed by atoms with Gasteiger partial charge in [0.25, 0.3) is 5.91 Å². The SMILES string of the molecule is Nc1ncc(C(=O)NC2(c3nnc4n3CCCC4)CCC2)cc1Cl. The molecule has 1 saturated carbocycles. The summed E-state index contributed by atoms with van der Waals surface area (Å²) >= 11 is 5.98. The molecule has 0 aromatic carbocycles. The number of halogens is 1. The molecule has 24 heavy (non-hydrogen) atoms. The first-order valence-corrected chi connectivity index (χ1v) is 8.63. The number of anilines is 1. The van der Waals surface area contributed by atoms with Crippen LogP contribution in [0.25, 0.3) is 0 Å². The number of nitrogen functional groups attached to an aromatic ring is 1. The lowest BCUT2D eigenvalue weighted by molar-refractivity contribution is 0.0800. The predicted molar refractivity (Wildman–Crippen MR) is 89.6 cm³/mol. The highest BCUT2D eigenvalue weighted by atomic mass is 35.5. The Bertz CT molecular complexity index is 798. The van der Waals surface area contributed by atoms with Gasteiger partial charge in [-0.3, -0.25) is 4.79 Å². The number of hydrogen-bond donors (Lipinski definition) is 2. The Morgan fingerprint density at radius 2 is 2.12 bits per heavy atom. The first-order chi connectivity index (χ1) is 11.6. The molecule has 1 aliphatic heterocycles. The summed E-state index contributed by atoms with van der Waals surface area (Å²) in [5, 5.41) is 12.2. The van der Waals surface area contributed by atoms with Crippen LogP contribution in [0.2, 0.25) is 5.02 Å². The molecule has 1 amide bonds. The lowest BCUT2D eigenvalue weighted by Gasteiger charge is -2.42. The molecule has 4 rings (SSSR count). The maximum absolute atomic E-state index is 12.7. The van der Waals surface area contributed by atoms with Crippen molar-refractivity contribution in [2.24, 2.45) is 0 Å². The number of nitrogens with two attached hydrogens (primary N) is 1. The summed E-state index contributed by atoms with van der Waals surface area (Å²) in [6.45, 7) is 0.921. The average Bonchev–Trinajstić information content (AvgIpc) is 2.97. The fourth-order valence-electron chi connectivity index (χ4n) is 3.46. The predicted octanol–water partition coefficient (Wildman–Crippen LogP) is 2.05. The Morgan fingerprint density at radius 3 is 2.83 bits per heavy atom. The minimum absolute atomic E-state index is 0.211. The van der Waals surface area contributed by atoms with Crippen LogP contribution in [0.15, 0.2) is 12.3 Å². The number of nitrogens with zero attached hydrogens (tertiary/aromatic N) is 4. The summed E-state index contributed by atoms with van der Waals surface area (Å²) in [6, 6.07) is 1.55. The molecule has 0 spiro atoms. The molecule has 2 aromatic rings. The molecular weight excluding hydrogens is 328 g/mol. The summed E-state index contributed by atoms with van der Waals surface area (Å²) in [7, 11) is 0. The number of aryl methyl sites for hydroxylation is 1. The molecule has 126 valence electrons. The Balaban J connectivity index is 1.62. The lowest BCUT2D eigenvalue weighted by atomic mass is 9.75. The van der Waals surface area contributed by atoms with Crippen molar-refractivity contribution in [2.45, 2.75) is 50.6 Å². The van der Waals surface area contributed by atoms with Crippen LogP contribution in [-0.2, 0) is 18.5 Å². The van der Waals surface area contributed by atoms with Gasteiger partial charge in [-0.1, -0.05) is 11.6 Å². The van der Waals surface area contributed by atoms with E-state index in [0.29, 0.717) is 5.56 Å². The van der Waals surface area contributed by atoms with Crippen LogP contribution < -0.4 is 11.1 Å². The maximum atomic E-state index is 12.7. The molecule has 2 aromatic heterocycles. The van der Waals surface area contributed by atoms with Crippen molar-refractivity contribution in [3.05, 3.63) is 34.5 Å². The number of hydrogen-bond acceptors (Lipinski definition) is 5. The van der Waals surface area contributed by atoms with Gasteiger partial charge in [0.15, 0.2) is 5.82 Å². The Labute approximate surface area is 144 Å². The normalized spacial score (nSPS) is 18.5. The van der Waals surface area contributed by atoms with Crippen LogP contribution in [0.3, 0.4) is 0 Å². The highest BCUT2D eigenvalue weighted by Gasteiger charge is 2.45. The van der Waals surface area contributed by atoms with Crippen molar-refractivity contribution >= 4 is 23.3 Å².